The Morgan fingerprint density at radius 2 is 1.79 bits per heavy atom. The van der Waals surface area contributed by atoms with E-state index >= 15 is 0 Å². The van der Waals surface area contributed by atoms with Crippen molar-refractivity contribution in [2.24, 2.45) is 5.10 Å². The molecule has 3 aromatic rings. The first kappa shape index (κ1) is 14.6. The molecule has 120 valence electrons. The smallest absolute Gasteiger partial charge is 0.128 e. The molecule has 1 atom stereocenters. The minimum atomic E-state index is 0.0690. The second-order valence-electron chi connectivity index (χ2n) is 5.69. The van der Waals surface area contributed by atoms with E-state index in [2.05, 4.69) is 12.1 Å². The van der Waals surface area contributed by atoms with Gasteiger partial charge in [0.15, 0.2) is 0 Å². The van der Waals surface area contributed by atoms with Crippen LogP contribution in [0.15, 0.2) is 82.5 Å². The van der Waals surface area contributed by atoms with Crippen molar-refractivity contribution >= 4 is 11.4 Å². The summed E-state index contributed by atoms with van der Waals surface area (Å²) in [6.07, 6.45) is 2.51. The summed E-state index contributed by atoms with van der Waals surface area (Å²) in [7, 11) is 1.67. The minimum absolute atomic E-state index is 0.0690. The van der Waals surface area contributed by atoms with E-state index in [4.69, 9.17) is 14.3 Å². The molecule has 0 radical (unpaired) electrons. The summed E-state index contributed by atoms with van der Waals surface area (Å²) in [5.74, 6) is 1.77. The zero-order valence-corrected chi connectivity index (χ0v) is 13.4. The van der Waals surface area contributed by atoms with Crippen LogP contribution in [0, 0.1) is 0 Å². The fourth-order valence-electron chi connectivity index (χ4n) is 2.99. The Bertz CT molecular complexity index is 824. The van der Waals surface area contributed by atoms with Gasteiger partial charge in [0, 0.05) is 6.42 Å². The molecule has 0 fully saturated rings. The van der Waals surface area contributed by atoms with Gasteiger partial charge in [0.2, 0.25) is 0 Å². The molecule has 0 saturated carbocycles. The first-order valence-corrected chi connectivity index (χ1v) is 7.95. The Balaban J connectivity index is 1.70. The Kier molecular flexibility index (Phi) is 3.79. The highest BCUT2D eigenvalue weighted by Crippen LogP contribution is 2.36. The van der Waals surface area contributed by atoms with E-state index in [1.54, 1.807) is 13.4 Å². The van der Waals surface area contributed by atoms with Gasteiger partial charge in [-0.15, -0.1) is 0 Å². The molecule has 1 aromatic heterocycles. The number of furan rings is 1. The maximum Gasteiger partial charge on any atom is 0.128 e. The van der Waals surface area contributed by atoms with Crippen molar-refractivity contribution in [3.05, 3.63) is 84.3 Å². The number of hydrogen-bond acceptors (Lipinski definition) is 4. The van der Waals surface area contributed by atoms with Crippen LogP contribution in [0.25, 0.3) is 0 Å². The molecule has 0 amide bonds. The Hall–Kier alpha value is -3.01. The van der Waals surface area contributed by atoms with Crippen LogP contribution in [0.3, 0.4) is 0 Å². The van der Waals surface area contributed by atoms with Crippen molar-refractivity contribution in [3.8, 4) is 5.75 Å². The van der Waals surface area contributed by atoms with E-state index in [1.165, 1.54) is 0 Å². The molecule has 1 aliphatic heterocycles. The van der Waals surface area contributed by atoms with Crippen LogP contribution >= 0.6 is 0 Å². The molecular formula is C20H18N2O2. The van der Waals surface area contributed by atoms with E-state index in [1.807, 2.05) is 59.6 Å². The molecule has 2 aromatic carbocycles. The maximum atomic E-state index is 5.65. The lowest BCUT2D eigenvalue weighted by molar-refractivity contribution is 0.415. The summed E-state index contributed by atoms with van der Waals surface area (Å²) in [6, 6.07) is 22.2. The minimum Gasteiger partial charge on any atom is -0.497 e. The molecule has 4 nitrogen and oxygen atoms in total. The molecule has 0 bridgehead atoms. The SMILES string of the molecule is COc1ccc(C2=NN(c3ccccc3)[C@@H](c3ccco3)C2)cc1. The van der Waals surface area contributed by atoms with Gasteiger partial charge >= 0.3 is 0 Å². The molecule has 0 N–H and O–H groups in total. The highest BCUT2D eigenvalue weighted by molar-refractivity contribution is 6.03. The molecule has 0 aliphatic carbocycles. The third-order valence-electron chi connectivity index (χ3n) is 4.23. The number of anilines is 1. The average Bonchev–Trinajstić information content (AvgIpc) is 3.32. The number of nitrogens with zero attached hydrogens (tertiary/aromatic N) is 2. The van der Waals surface area contributed by atoms with Gasteiger partial charge < -0.3 is 9.15 Å². The Labute approximate surface area is 141 Å². The molecule has 1 aliphatic rings. The fourth-order valence-corrected chi connectivity index (χ4v) is 2.99. The van der Waals surface area contributed by atoms with Crippen molar-refractivity contribution in [2.45, 2.75) is 12.5 Å². The monoisotopic (exact) mass is 318 g/mol. The predicted octanol–water partition coefficient (Wildman–Crippen LogP) is 4.64. The average molecular weight is 318 g/mol. The summed E-state index contributed by atoms with van der Waals surface area (Å²) in [6.45, 7) is 0. The second kappa shape index (κ2) is 6.24. The molecule has 0 spiro atoms. The van der Waals surface area contributed by atoms with Crippen LogP contribution in [0.4, 0.5) is 5.69 Å². The van der Waals surface area contributed by atoms with Crippen LogP contribution in [-0.2, 0) is 0 Å². The van der Waals surface area contributed by atoms with Crippen molar-refractivity contribution in [3.63, 3.8) is 0 Å². The van der Waals surface area contributed by atoms with Crippen LogP contribution < -0.4 is 9.75 Å². The van der Waals surface area contributed by atoms with E-state index in [9.17, 15) is 0 Å². The number of hydrazone groups is 1. The van der Waals surface area contributed by atoms with Gasteiger partial charge in [-0.25, -0.2) is 0 Å². The van der Waals surface area contributed by atoms with Gasteiger partial charge in [-0.3, -0.25) is 5.01 Å². The van der Waals surface area contributed by atoms with Crippen LogP contribution in [0.2, 0.25) is 0 Å². The van der Waals surface area contributed by atoms with Gasteiger partial charge in [0.25, 0.3) is 0 Å². The van der Waals surface area contributed by atoms with Crippen molar-refractivity contribution < 1.29 is 9.15 Å². The summed E-state index contributed by atoms with van der Waals surface area (Å²) >= 11 is 0. The fraction of sp³-hybridized carbons (Fsp3) is 0.150. The zero-order valence-electron chi connectivity index (χ0n) is 13.4. The highest BCUT2D eigenvalue weighted by Gasteiger charge is 2.31. The quantitative estimate of drug-likeness (QED) is 0.703. The van der Waals surface area contributed by atoms with Crippen LogP contribution in [0.1, 0.15) is 23.8 Å². The topological polar surface area (TPSA) is 38.0 Å². The van der Waals surface area contributed by atoms with Crippen molar-refractivity contribution in [2.75, 3.05) is 12.1 Å². The van der Waals surface area contributed by atoms with Crippen LogP contribution in [-0.4, -0.2) is 12.8 Å². The lowest BCUT2D eigenvalue weighted by Gasteiger charge is -2.21. The van der Waals surface area contributed by atoms with Crippen molar-refractivity contribution in [1.82, 2.24) is 0 Å². The summed E-state index contributed by atoms with van der Waals surface area (Å²) < 4.78 is 10.9. The molecule has 24 heavy (non-hydrogen) atoms. The lowest BCUT2D eigenvalue weighted by Crippen LogP contribution is -2.17. The van der Waals surface area contributed by atoms with Gasteiger partial charge in [-0.1, -0.05) is 18.2 Å². The van der Waals surface area contributed by atoms with Crippen molar-refractivity contribution in [1.29, 1.82) is 0 Å². The second-order valence-corrected chi connectivity index (χ2v) is 5.69. The summed E-state index contributed by atoms with van der Waals surface area (Å²) in [5.41, 5.74) is 3.20. The zero-order chi connectivity index (χ0) is 16.4. The van der Waals surface area contributed by atoms with E-state index < -0.39 is 0 Å². The first-order chi connectivity index (χ1) is 11.8. The molecule has 2 heterocycles. The molecule has 4 heteroatoms. The van der Waals surface area contributed by atoms with Gasteiger partial charge in [0.1, 0.15) is 17.6 Å². The first-order valence-electron chi connectivity index (χ1n) is 7.95. The standard InChI is InChI=1S/C20H18N2O2/c1-23-17-11-9-15(10-12-17)18-14-19(20-8-5-13-24-20)22(21-18)16-6-3-2-4-7-16/h2-13,19H,14H2,1H3/t19-/m1/s1. The molecule has 0 saturated heterocycles. The molecule has 4 rings (SSSR count). The number of benzene rings is 2. The highest BCUT2D eigenvalue weighted by atomic mass is 16.5. The van der Waals surface area contributed by atoms with Gasteiger partial charge in [0.05, 0.1) is 24.8 Å². The summed E-state index contributed by atoms with van der Waals surface area (Å²) in [4.78, 5) is 0. The Morgan fingerprint density at radius 3 is 2.46 bits per heavy atom. The number of rotatable bonds is 4. The third kappa shape index (κ3) is 2.67. The number of ether oxygens (including phenoxy) is 1. The largest absolute Gasteiger partial charge is 0.497 e. The Morgan fingerprint density at radius 1 is 1.00 bits per heavy atom. The summed E-state index contributed by atoms with van der Waals surface area (Å²) in [5, 5.41) is 6.91. The lowest BCUT2D eigenvalue weighted by atomic mass is 10.0. The number of methoxy groups -OCH3 is 1. The van der Waals surface area contributed by atoms with E-state index in [-0.39, 0.29) is 6.04 Å². The number of para-hydroxylation sites is 1. The third-order valence-corrected chi connectivity index (χ3v) is 4.23. The van der Waals surface area contributed by atoms with Crippen LogP contribution in [0.5, 0.6) is 5.75 Å². The van der Waals surface area contributed by atoms with Gasteiger partial charge in [-0.2, -0.15) is 5.10 Å². The predicted molar refractivity (Wildman–Crippen MR) is 94.5 cm³/mol. The molecule has 0 unspecified atom stereocenters. The van der Waals surface area contributed by atoms with Gasteiger partial charge in [-0.05, 0) is 54.1 Å². The van der Waals surface area contributed by atoms with E-state index in [0.717, 1.165) is 34.9 Å². The normalized spacial score (nSPS) is 17.0. The maximum absolute atomic E-state index is 5.65. The van der Waals surface area contributed by atoms with E-state index in [0.29, 0.717) is 0 Å². The molecular weight excluding hydrogens is 300 g/mol. The number of hydrogen-bond donors (Lipinski definition) is 0.